The Bertz CT molecular complexity index is 804. The van der Waals surface area contributed by atoms with Crippen LogP contribution < -0.4 is 15.8 Å². The van der Waals surface area contributed by atoms with E-state index in [0.29, 0.717) is 18.0 Å². The SMILES string of the molecule is [CH2]CNC(=O)c1cc(S(N)(=O)=O)c(Cl)cc1NCc1ccco1. The third-order valence-corrected chi connectivity index (χ3v) is 4.32. The first-order valence-electron chi connectivity index (χ1n) is 6.53. The molecule has 4 N–H and O–H groups in total. The highest BCUT2D eigenvalue weighted by atomic mass is 35.5. The summed E-state index contributed by atoms with van der Waals surface area (Å²) in [5.41, 5.74) is 0.443. The molecule has 0 aliphatic rings. The van der Waals surface area contributed by atoms with Crippen molar-refractivity contribution in [3.8, 4) is 0 Å². The zero-order chi connectivity index (χ0) is 17.0. The molecule has 9 heteroatoms. The number of amides is 1. The zero-order valence-corrected chi connectivity index (χ0v) is 13.6. The van der Waals surface area contributed by atoms with Crippen molar-refractivity contribution in [2.24, 2.45) is 5.14 Å². The van der Waals surface area contributed by atoms with Crippen LogP contribution in [0.25, 0.3) is 0 Å². The summed E-state index contributed by atoms with van der Waals surface area (Å²) in [5, 5.41) is 10.5. The molecule has 1 aromatic carbocycles. The van der Waals surface area contributed by atoms with Crippen molar-refractivity contribution in [3.05, 3.63) is 53.8 Å². The van der Waals surface area contributed by atoms with E-state index in [4.69, 9.17) is 21.2 Å². The van der Waals surface area contributed by atoms with E-state index in [0.717, 1.165) is 6.07 Å². The van der Waals surface area contributed by atoms with Crippen LogP contribution in [-0.2, 0) is 16.6 Å². The number of rotatable bonds is 6. The Morgan fingerprint density at radius 3 is 2.70 bits per heavy atom. The van der Waals surface area contributed by atoms with Gasteiger partial charge in [-0.1, -0.05) is 11.6 Å². The molecule has 0 atom stereocenters. The Balaban J connectivity index is 2.42. The molecule has 0 fully saturated rings. The van der Waals surface area contributed by atoms with E-state index in [1.54, 1.807) is 12.1 Å². The highest BCUT2D eigenvalue weighted by molar-refractivity contribution is 7.89. The summed E-state index contributed by atoms with van der Waals surface area (Å²) in [6, 6.07) is 5.95. The molecule has 0 aliphatic carbocycles. The van der Waals surface area contributed by atoms with Crippen molar-refractivity contribution < 1.29 is 17.6 Å². The summed E-state index contributed by atoms with van der Waals surface area (Å²) in [6.45, 7) is 3.96. The Labute approximate surface area is 138 Å². The lowest BCUT2D eigenvalue weighted by molar-refractivity contribution is 0.0958. The van der Waals surface area contributed by atoms with Gasteiger partial charge >= 0.3 is 0 Å². The van der Waals surface area contributed by atoms with E-state index >= 15 is 0 Å². The topological polar surface area (TPSA) is 114 Å². The van der Waals surface area contributed by atoms with Crippen molar-refractivity contribution in [2.75, 3.05) is 11.9 Å². The largest absolute Gasteiger partial charge is 0.467 e. The van der Waals surface area contributed by atoms with Crippen molar-refractivity contribution in [3.63, 3.8) is 0 Å². The Morgan fingerprint density at radius 1 is 1.39 bits per heavy atom. The first-order chi connectivity index (χ1) is 10.8. The van der Waals surface area contributed by atoms with Crippen LogP contribution in [0.2, 0.25) is 5.02 Å². The highest BCUT2D eigenvalue weighted by Gasteiger charge is 2.20. The summed E-state index contributed by atoms with van der Waals surface area (Å²) < 4.78 is 28.3. The van der Waals surface area contributed by atoms with Crippen molar-refractivity contribution in [2.45, 2.75) is 11.4 Å². The van der Waals surface area contributed by atoms with Crippen LogP contribution in [-0.4, -0.2) is 20.9 Å². The fourth-order valence-electron chi connectivity index (χ4n) is 1.91. The second kappa shape index (κ2) is 7.03. The van der Waals surface area contributed by atoms with E-state index in [1.807, 2.05) is 0 Å². The van der Waals surface area contributed by atoms with Gasteiger partial charge in [-0.05, 0) is 31.2 Å². The number of primary sulfonamides is 1. The molecule has 2 rings (SSSR count). The zero-order valence-electron chi connectivity index (χ0n) is 12.0. The first kappa shape index (κ1) is 17.3. The number of carbonyl (C=O) groups excluding carboxylic acids is 1. The number of nitrogens with one attached hydrogen (secondary N) is 2. The predicted molar refractivity (Wildman–Crippen MR) is 86.6 cm³/mol. The number of hydrogen-bond donors (Lipinski definition) is 3. The minimum absolute atomic E-state index is 0.0828. The molecule has 1 heterocycles. The number of carbonyl (C=O) groups is 1. The molecule has 1 radical (unpaired) electrons. The Kier molecular flexibility index (Phi) is 5.30. The molecule has 7 nitrogen and oxygen atoms in total. The minimum atomic E-state index is -4.05. The number of furan rings is 1. The van der Waals surface area contributed by atoms with Crippen molar-refractivity contribution in [1.29, 1.82) is 0 Å². The van der Waals surface area contributed by atoms with Crippen LogP contribution in [0.1, 0.15) is 16.1 Å². The molecule has 0 saturated carbocycles. The maximum atomic E-state index is 12.1. The van der Waals surface area contributed by atoms with Gasteiger partial charge in [0.15, 0.2) is 0 Å². The molecule has 1 aromatic heterocycles. The van der Waals surface area contributed by atoms with Crippen LogP contribution in [0, 0.1) is 6.92 Å². The van der Waals surface area contributed by atoms with E-state index in [9.17, 15) is 13.2 Å². The van der Waals surface area contributed by atoms with Gasteiger partial charge in [-0.25, -0.2) is 13.6 Å². The number of benzene rings is 1. The van der Waals surface area contributed by atoms with Gasteiger partial charge in [-0.2, -0.15) is 0 Å². The van der Waals surface area contributed by atoms with Gasteiger partial charge in [0.05, 0.1) is 23.4 Å². The standard InChI is InChI=1S/C14H15ClN3O4S/c1-2-17-14(19)10-6-13(23(16,20)21)11(15)7-12(10)18-8-9-4-3-5-22-9/h3-7,18H,1-2,8H2,(H,17,19)(H2,16,20,21). The average Bonchev–Trinajstić information content (AvgIpc) is 2.97. The van der Waals surface area contributed by atoms with Crippen LogP contribution in [0.15, 0.2) is 39.8 Å². The molecule has 0 saturated heterocycles. The van der Waals surface area contributed by atoms with E-state index in [-0.39, 0.29) is 22.0 Å². The molecular weight excluding hydrogens is 342 g/mol. The van der Waals surface area contributed by atoms with Gasteiger partial charge in [0.25, 0.3) is 5.91 Å². The molecule has 1 amide bonds. The normalized spacial score (nSPS) is 11.3. The van der Waals surface area contributed by atoms with Gasteiger partial charge in [0.2, 0.25) is 10.0 Å². The van der Waals surface area contributed by atoms with Gasteiger partial charge in [0.1, 0.15) is 10.7 Å². The van der Waals surface area contributed by atoms with Crippen LogP contribution in [0.5, 0.6) is 0 Å². The lowest BCUT2D eigenvalue weighted by Gasteiger charge is -2.14. The second-order valence-corrected chi connectivity index (χ2v) is 6.50. The maximum Gasteiger partial charge on any atom is 0.253 e. The Morgan fingerprint density at radius 2 is 2.13 bits per heavy atom. The van der Waals surface area contributed by atoms with Gasteiger partial charge < -0.3 is 15.1 Å². The molecule has 23 heavy (non-hydrogen) atoms. The Hall–Kier alpha value is -2.03. The monoisotopic (exact) mass is 356 g/mol. The van der Waals surface area contributed by atoms with E-state index < -0.39 is 15.9 Å². The van der Waals surface area contributed by atoms with E-state index in [1.165, 1.54) is 12.3 Å². The predicted octanol–water partition coefficient (Wildman–Crippen LogP) is 1.76. The van der Waals surface area contributed by atoms with Gasteiger partial charge in [0, 0.05) is 12.2 Å². The smallest absolute Gasteiger partial charge is 0.253 e. The molecule has 2 aromatic rings. The number of nitrogens with two attached hydrogens (primary N) is 1. The number of halogens is 1. The molecular formula is C14H15ClN3O4S. The summed E-state index contributed by atoms with van der Waals surface area (Å²) in [4.78, 5) is 11.8. The summed E-state index contributed by atoms with van der Waals surface area (Å²) in [5.74, 6) is 0.142. The fraction of sp³-hybridized carbons (Fsp3) is 0.143. The number of anilines is 1. The molecule has 0 unspecified atom stereocenters. The highest BCUT2D eigenvalue weighted by Crippen LogP contribution is 2.28. The molecule has 0 aliphatic heterocycles. The summed E-state index contributed by atoms with van der Waals surface area (Å²) >= 11 is 5.96. The first-order valence-corrected chi connectivity index (χ1v) is 8.45. The molecule has 0 bridgehead atoms. The van der Waals surface area contributed by atoms with Gasteiger partial charge in [-0.15, -0.1) is 0 Å². The minimum Gasteiger partial charge on any atom is -0.467 e. The maximum absolute atomic E-state index is 12.1. The molecule has 0 spiro atoms. The summed E-state index contributed by atoms with van der Waals surface area (Å²) in [6.07, 6.45) is 1.52. The quantitative estimate of drug-likeness (QED) is 0.729. The van der Waals surface area contributed by atoms with Crippen LogP contribution in [0.3, 0.4) is 0 Å². The summed E-state index contributed by atoms with van der Waals surface area (Å²) in [7, 11) is -4.05. The molecule has 123 valence electrons. The second-order valence-electron chi connectivity index (χ2n) is 4.56. The third kappa shape index (κ3) is 4.25. The van der Waals surface area contributed by atoms with E-state index in [2.05, 4.69) is 17.6 Å². The van der Waals surface area contributed by atoms with Crippen LogP contribution in [0.4, 0.5) is 5.69 Å². The lowest BCUT2D eigenvalue weighted by atomic mass is 10.1. The van der Waals surface area contributed by atoms with Crippen molar-refractivity contribution in [1.82, 2.24) is 5.32 Å². The van der Waals surface area contributed by atoms with Gasteiger partial charge in [-0.3, -0.25) is 4.79 Å². The number of sulfonamides is 1. The third-order valence-electron chi connectivity index (χ3n) is 2.94. The lowest BCUT2D eigenvalue weighted by Crippen LogP contribution is -2.25. The van der Waals surface area contributed by atoms with Crippen molar-refractivity contribution >= 4 is 33.2 Å². The fourth-order valence-corrected chi connectivity index (χ4v) is 3.01. The van der Waals surface area contributed by atoms with Crippen LogP contribution >= 0.6 is 11.6 Å². The average molecular weight is 357 g/mol. The number of hydrogen-bond acceptors (Lipinski definition) is 5.